The van der Waals surface area contributed by atoms with Crippen LogP contribution >= 0.6 is 0 Å². The van der Waals surface area contributed by atoms with Gasteiger partial charge in [-0.2, -0.15) is 0 Å². The Labute approximate surface area is 95.7 Å². The van der Waals surface area contributed by atoms with E-state index in [4.69, 9.17) is 4.74 Å². The van der Waals surface area contributed by atoms with Crippen molar-refractivity contribution in [3.8, 4) is 0 Å². The van der Waals surface area contributed by atoms with Crippen molar-refractivity contribution in [3.63, 3.8) is 0 Å². The van der Waals surface area contributed by atoms with E-state index in [1.54, 1.807) is 12.4 Å². The molecule has 1 aromatic heterocycles. The smallest absolute Gasteiger partial charge is 0.113 e. The Kier molecular flexibility index (Phi) is 3.23. The van der Waals surface area contributed by atoms with E-state index in [2.05, 4.69) is 10.3 Å². The molecule has 1 aromatic rings. The Hall–Kier alpha value is -0.970. The molecule has 2 rings (SSSR count). The van der Waals surface area contributed by atoms with E-state index in [9.17, 15) is 5.11 Å². The molecule has 0 amide bonds. The molecule has 1 saturated heterocycles. The van der Waals surface area contributed by atoms with Crippen LogP contribution in [0.25, 0.3) is 0 Å². The van der Waals surface area contributed by atoms with Gasteiger partial charge in [-0.3, -0.25) is 10.3 Å². The zero-order valence-corrected chi connectivity index (χ0v) is 9.68. The zero-order valence-electron chi connectivity index (χ0n) is 9.68. The summed E-state index contributed by atoms with van der Waals surface area (Å²) in [5.41, 5.74) is 0.577. The number of ether oxygens (including phenoxy) is 1. The molecule has 16 heavy (non-hydrogen) atoms. The summed E-state index contributed by atoms with van der Waals surface area (Å²) in [6.45, 7) is 4.62. The Bertz CT molecular complexity index is 340. The van der Waals surface area contributed by atoms with Gasteiger partial charge in [0.1, 0.15) is 5.72 Å². The van der Waals surface area contributed by atoms with Crippen LogP contribution in [0.15, 0.2) is 24.5 Å². The minimum atomic E-state index is -0.483. The van der Waals surface area contributed by atoms with Gasteiger partial charge in [0.25, 0.3) is 0 Å². The van der Waals surface area contributed by atoms with Crippen molar-refractivity contribution in [2.75, 3.05) is 6.61 Å². The molecular weight excluding hydrogens is 204 g/mol. The van der Waals surface area contributed by atoms with Crippen LogP contribution in [0.4, 0.5) is 0 Å². The number of nitrogens with zero attached hydrogens (tertiary/aromatic N) is 1. The SMILES string of the molecule is CC1(C)N[C@H](C[C@H](O)c2cccnc2)CO1. The largest absolute Gasteiger partial charge is 0.388 e. The quantitative estimate of drug-likeness (QED) is 0.807. The molecule has 2 N–H and O–H groups in total. The van der Waals surface area contributed by atoms with E-state index in [1.807, 2.05) is 26.0 Å². The van der Waals surface area contributed by atoms with E-state index in [1.165, 1.54) is 0 Å². The first-order valence-electron chi connectivity index (χ1n) is 5.56. The van der Waals surface area contributed by atoms with E-state index < -0.39 is 6.10 Å². The van der Waals surface area contributed by atoms with Gasteiger partial charge in [-0.1, -0.05) is 6.07 Å². The third kappa shape index (κ3) is 2.78. The molecule has 0 saturated carbocycles. The van der Waals surface area contributed by atoms with Gasteiger partial charge in [0.05, 0.1) is 12.7 Å². The molecule has 0 unspecified atom stereocenters. The first-order valence-corrected chi connectivity index (χ1v) is 5.56. The molecule has 0 bridgehead atoms. The van der Waals surface area contributed by atoms with Crippen LogP contribution in [-0.4, -0.2) is 28.5 Å². The lowest BCUT2D eigenvalue weighted by Crippen LogP contribution is -2.38. The van der Waals surface area contributed by atoms with Gasteiger partial charge < -0.3 is 9.84 Å². The van der Waals surface area contributed by atoms with Gasteiger partial charge in [-0.15, -0.1) is 0 Å². The Morgan fingerprint density at radius 3 is 3.06 bits per heavy atom. The van der Waals surface area contributed by atoms with Crippen molar-refractivity contribution in [2.24, 2.45) is 0 Å². The standard InChI is InChI=1S/C12H18N2O2/c1-12(2)14-10(8-16-12)6-11(15)9-4-3-5-13-7-9/h3-5,7,10-11,14-15H,6,8H2,1-2H3/t10-,11+/m1/s1. The van der Waals surface area contributed by atoms with Crippen molar-refractivity contribution in [1.29, 1.82) is 0 Å². The summed E-state index contributed by atoms with van der Waals surface area (Å²) >= 11 is 0. The fourth-order valence-electron chi connectivity index (χ4n) is 1.99. The van der Waals surface area contributed by atoms with Gasteiger partial charge in [0.2, 0.25) is 0 Å². The first-order chi connectivity index (χ1) is 7.57. The second kappa shape index (κ2) is 4.49. The van der Waals surface area contributed by atoms with Crippen LogP contribution in [0.2, 0.25) is 0 Å². The second-order valence-electron chi connectivity index (χ2n) is 4.70. The maximum absolute atomic E-state index is 10.0. The highest BCUT2D eigenvalue weighted by atomic mass is 16.5. The zero-order chi connectivity index (χ0) is 11.6. The Morgan fingerprint density at radius 2 is 2.50 bits per heavy atom. The number of aromatic nitrogens is 1. The Morgan fingerprint density at radius 1 is 1.69 bits per heavy atom. The highest BCUT2D eigenvalue weighted by Gasteiger charge is 2.31. The molecule has 88 valence electrons. The van der Waals surface area contributed by atoms with Crippen molar-refractivity contribution in [1.82, 2.24) is 10.3 Å². The van der Waals surface area contributed by atoms with Gasteiger partial charge in [-0.05, 0) is 31.9 Å². The van der Waals surface area contributed by atoms with Gasteiger partial charge in [0.15, 0.2) is 0 Å². The number of nitrogens with one attached hydrogen (secondary N) is 1. The first kappa shape index (κ1) is 11.5. The molecule has 4 heteroatoms. The third-order valence-corrected chi connectivity index (χ3v) is 2.77. The lowest BCUT2D eigenvalue weighted by atomic mass is 10.0. The van der Waals surface area contributed by atoms with Crippen LogP contribution < -0.4 is 5.32 Å². The summed E-state index contributed by atoms with van der Waals surface area (Å²) in [6, 6.07) is 3.92. The van der Waals surface area contributed by atoms with E-state index in [0.29, 0.717) is 13.0 Å². The average Bonchev–Trinajstić information content (AvgIpc) is 2.59. The number of rotatable bonds is 3. The van der Waals surface area contributed by atoms with Crippen LogP contribution in [0.3, 0.4) is 0 Å². The number of pyridine rings is 1. The fraction of sp³-hybridized carbons (Fsp3) is 0.583. The topological polar surface area (TPSA) is 54.4 Å². The second-order valence-corrected chi connectivity index (χ2v) is 4.70. The molecule has 4 nitrogen and oxygen atoms in total. The number of hydrogen-bond donors (Lipinski definition) is 2. The summed E-state index contributed by atoms with van der Waals surface area (Å²) in [4.78, 5) is 4.00. The van der Waals surface area contributed by atoms with Crippen molar-refractivity contribution < 1.29 is 9.84 Å². The minimum Gasteiger partial charge on any atom is -0.388 e. The van der Waals surface area contributed by atoms with Crippen LogP contribution in [0.5, 0.6) is 0 Å². The summed E-state index contributed by atoms with van der Waals surface area (Å²) in [5, 5.41) is 13.3. The summed E-state index contributed by atoms with van der Waals surface area (Å²) in [6.07, 6.45) is 3.57. The van der Waals surface area contributed by atoms with E-state index in [0.717, 1.165) is 5.56 Å². The number of aliphatic hydroxyl groups is 1. The molecule has 0 radical (unpaired) electrons. The molecule has 2 heterocycles. The molecule has 0 aliphatic carbocycles. The van der Waals surface area contributed by atoms with E-state index >= 15 is 0 Å². The normalized spacial score (nSPS) is 25.6. The molecule has 1 aliphatic rings. The van der Waals surface area contributed by atoms with Gasteiger partial charge >= 0.3 is 0 Å². The van der Waals surface area contributed by atoms with Crippen LogP contribution in [0.1, 0.15) is 31.9 Å². The highest BCUT2D eigenvalue weighted by molar-refractivity contribution is 5.12. The summed E-state index contributed by atoms with van der Waals surface area (Å²) in [7, 11) is 0. The Balaban J connectivity index is 1.91. The van der Waals surface area contributed by atoms with Gasteiger partial charge in [0, 0.05) is 18.4 Å². The summed E-state index contributed by atoms with van der Waals surface area (Å²) in [5.74, 6) is 0. The minimum absolute atomic E-state index is 0.199. The molecular formula is C12H18N2O2. The molecule has 1 aliphatic heterocycles. The average molecular weight is 222 g/mol. The third-order valence-electron chi connectivity index (χ3n) is 2.77. The van der Waals surface area contributed by atoms with Crippen molar-refractivity contribution in [2.45, 2.75) is 38.1 Å². The summed E-state index contributed by atoms with van der Waals surface area (Å²) < 4.78 is 5.55. The van der Waals surface area contributed by atoms with Crippen molar-refractivity contribution >= 4 is 0 Å². The number of aliphatic hydroxyl groups excluding tert-OH is 1. The van der Waals surface area contributed by atoms with Crippen LogP contribution in [-0.2, 0) is 4.74 Å². The van der Waals surface area contributed by atoms with Gasteiger partial charge in [-0.25, -0.2) is 0 Å². The lowest BCUT2D eigenvalue weighted by Gasteiger charge is -2.19. The van der Waals surface area contributed by atoms with Crippen molar-refractivity contribution in [3.05, 3.63) is 30.1 Å². The predicted molar refractivity (Wildman–Crippen MR) is 60.8 cm³/mol. The predicted octanol–water partition coefficient (Wildman–Crippen LogP) is 1.23. The molecule has 1 fully saturated rings. The molecule has 0 spiro atoms. The van der Waals surface area contributed by atoms with Crippen LogP contribution in [0, 0.1) is 0 Å². The highest BCUT2D eigenvalue weighted by Crippen LogP contribution is 2.23. The molecule has 2 atom stereocenters. The maximum Gasteiger partial charge on any atom is 0.113 e. The number of hydrogen-bond acceptors (Lipinski definition) is 4. The fourth-order valence-corrected chi connectivity index (χ4v) is 1.99. The maximum atomic E-state index is 10.0. The molecule has 0 aromatic carbocycles. The van der Waals surface area contributed by atoms with E-state index in [-0.39, 0.29) is 11.8 Å². The lowest BCUT2D eigenvalue weighted by molar-refractivity contribution is 0.0229. The monoisotopic (exact) mass is 222 g/mol.